The summed E-state index contributed by atoms with van der Waals surface area (Å²) < 4.78 is 0. The Balaban J connectivity index is 1.98. The molecule has 1 rings (SSSR count). The molecule has 0 saturated carbocycles. The van der Waals surface area contributed by atoms with E-state index in [1.807, 2.05) is 0 Å². The Labute approximate surface area is 87.1 Å². The highest BCUT2D eigenvalue weighted by molar-refractivity contribution is 7.99. The van der Waals surface area contributed by atoms with E-state index in [9.17, 15) is 0 Å². The quantitative estimate of drug-likeness (QED) is 0.734. The van der Waals surface area contributed by atoms with Crippen molar-refractivity contribution in [2.24, 2.45) is 11.8 Å². The molecule has 13 heavy (non-hydrogen) atoms. The van der Waals surface area contributed by atoms with Gasteiger partial charge in [-0.2, -0.15) is 11.8 Å². The first-order valence-electron chi connectivity index (χ1n) is 5.61. The second-order valence-electron chi connectivity index (χ2n) is 4.24. The molecule has 1 heterocycles. The summed E-state index contributed by atoms with van der Waals surface area (Å²) in [5, 5.41) is 3.42. The molecule has 1 saturated heterocycles. The molecule has 1 atom stereocenters. The number of nitrogens with one attached hydrogen (secondary N) is 1. The number of hydrogen-bond donors (Lipinski definition) is 1. The van der Waals surface area contributed by atoms with Gasteiger partial charge in [-0.15, -0.1) is 0 Å². The molecule has 2 heteroatoms. The fraction of sp³-hybridized carbons (Fsp3) is 1.00. The Bertz CT molecular complexity index is 121. The lowest BCUT2D eigenvalue weighted by molar-refractivity contribution is 0.407. The fourth-order valence-electron chi connectivity index (χ4n) is 1.60. The molecule has 1 aliphatic rings. The van der Waals surface area contributed by atoms with Crippen molar-refractivity contribution in [1.82, 2.24) is 5.32 Å². The standard InChI is InChI=1S/C11H23NS/c1-3-10(2)8-13-9-11-4-6-12-7-5-11/h10-12H,3-9H2,1-2H3. The van der Waals surface area contributed by atoms with E-state index in [4.69, 9.17) is 0 Å². The molecule has 0 radical (unpaired) electrons. The number of hydrogen-bond acceptors (Lipinski definition) is 2. The Morgan fingerprint density at radius 2 is 2.08 bits per heavy atom. The summed E-state index contributed by atoms with van der Waals surface area (Å²) in [6, 6.07) is 0. The molecule has 1 N–H and O–H groups in total. The minimum absolute atomic E-state index is 0.909. The number of piperidine rings is 1. The minimum Gasteiger partial charge on any atom is -0.317 e. The predicted molar refractivity (Wildman–Crippen MR) is 62.4 cm³/mol. The van der Waals surface area contributed by atoms with Crippen molar-refractivity contribution in [1.29, 1.82) is 0 Å². The van der Waals surface area contributed by atoms with E-state index in [0.29, 0.717) is 0 Å². The Morgan fingerprint density at radius 1 is 1.38 bits per heavy atom. The first kappa shape index (κ1) is 11.4. The number of thioether (sulfide) groups is 1. The SMILES string of the molecule is CCC(C)CSCC1CCNCC1. The minimum atomic E-state index is 0.909. The molecule has 1 fully saturated rings. The smallest absolute Gasteiger partial charge is 0.00381 e. The van der Waals surface area contributed by atoms with Crippen LogP contribution in [0.25, 0.3) is 0 Å². The van der Waals surface area contributed by atoms with Crippen molar-refractivity contribution < 1.29 is 0 Å². The lowest BCUT2D eigenvalue weighted by atomic mass is 10.0. The molecule has 0 aromatic carbocycles. The molecule has 0 aromatic rings. The molecule has 0 spiro atoms. The summed E-state index contributed by atoms with van der Waals surface area (Å²) >= 11 is 2.16. The van der Waals surface area contributed by atoms with Gasteiger partial charge in [0.15, 0.2) is 0 Å². The van der Waals surface area contributed by atoms with Crippen LogP contribution in [-0.4, -0.2) is 24.6 Å². The maximum atomic E-state index is 3.42. The Hall–Kier alpha value is 0.310. The van der Waals surface area contributed by atoms with Crippen LogP contribution in [0.2, 0.25) is 0 Å². The molecule has 0 aromatic heterocycles. The summed E-state index contributed by atoms with van der Waals surface area (Å²) in [5.41, 5.74) is 0. The highest BCUT2D eigenvalue weighted by atomic mass is 32.2. The van der Waals surface area contributed by atoms with Crippen molar-refractivity contribution in [3.8, 4) is 0 Å². The van der Waals surface area contributed by atoms with Gasteiger partial charge < -0.3 is 5.32 Å². The summed E-state index contributed by atoms with van der Waals surface area (Å²) in [6.07, 6.45) is 4.13. The van der Waals surface area contributed by atoms with Crippen molar-refractivity contribution >= 4 is 11.8 Å². The first-order chi connectivity index (χ1) is 6.33. The average Bonchev–Trinajstić information content (AvgIpc) is 2.19. The van der Waals surface area contributed by atoms with Gasteiger partial charge in [0.05, 0.1) is 0 Å². The van der Waals surface area contributed by atoms with Crippen LogP contribution in [0.15, 0.2) is 0 Å². The van der Waals surface area contributed by atoms with Crippen LogP contribution >= 0.6 is 11.8 Å². The first-order valence-corrected chi connectivity index (χ1v) is 6.76. The summed E-state index contributed by atoms with van der Waals surface area (Å²) in [4.78, 5) is 0. The molecule has 0 bridgehead atoms. The summed E-state index contributed by atoms with van der Waals surface area (Å²) in [6.45, 7) is 7.13. The lowest BCUT2D eigenvalue weighted by Crippen LogP contribution is -2.28. The van der Waals surface area contributed by atoms with Crippen LogP contribution in [0.4, 0.5) is 0 Å². The highest BCUT2D eigenvalue weighted by Gasteiger charge is 2.12. The van der Waals surface area contributed by atoms with E-state index >= 15 is 0 Å². The van der Waals surface area contributed by atoms with Gasteiger partial charge in [-0.25, -0.2) is 0 Å². The normalized spacial score (nSPS) is 21.7. The van der Waals surface area contributed by atoms with E-state index < -0.39 is 0 Å². The monoisotopic (exact) mass is 201 g/mol. The lowest BCUT2D eigenvalue weighted by Gasteiger charge is -2.22. The third-order valence-corrected chi connectivity index (χ3v) is 4.42. The maximum Gasteiger partial charge on any atom is -0.00381 e. The van der Waals surface area contributed by atoms with Gasteiger partial charge in [-0.05, 0) is 49.3 Å². The topological polar surface area (TPSA) is 12.0 Å². The molecular weight excluding hydrogens is 178 g/mol. The van der Waals surface area contributed by atoms with Gasteiger partial charge in [0.1, 0.15) is 0 Å². The molecule has 1 aliphatic heterocycles. The largest absolute Gasteiger partial charge is 0.317 e. The zero-order valence-corrected chi connectivity index (χ0v) is 9.83. The molecule has 0 aliphatic carbocycles. The van der Waals surface area contributed by atoms with Crippen LogP contribution in [0, 0.1) is 11.8 Å². The Kier molecular flexibility index (Phi) is 5.88. The van der Waals surface area contributed by atoms with Gasteiger partial charge in [0, 0.05) is 0 Å². The highest BCUT2D eigenvalue weighted by Crippen LogP contribution is 2.20. The van der Waals surface area contributed by atoms with Crippen molar-refractivity contribution in [3.05, 3.63) is 0 Å². The second-order valence-corrected chi connectivity index (χ2v) is 5.32. The molecule has 1 nitrogen and oxygen atoms in total. The van der Waals surface area contributed by atoms with Crippen LogP contribution in [0.5, 0.6) is 0 Å². The fourth-order valence-corrected chi connectivity index (χ4v) is 3.04. The maximum absolute atomic E-state index is 3.42. The van der Waals surface area contributed by atoms with Crippen LogP contribution in [0.1, 0.15) is 33.1 Å². The van der Waals surface area contributed by atoms with Crippen molar-refractivity contribution in [3.63, 3.8) is 0 Å². The second kappa shape index (κ2) is 6.72. The van der Waals surface area contributed by atoms with Crippen LogP contribution in [-0.2, 0) is 0 Å². The molecule has 1 unspecified atom stereocenters. The third-order valence-electron chi connectivity index (χ3n) is 2.91. The van der Waals surface area contributed by atoms with Gasteiger partial charge >= 0.3 is 0 Å². The zero-order valence-electron chi connectivity index (χ0n) is 9.01. The van der Waals surface area contributed by atoms with E-state index in [1.54, 1.807) is 0 Å². The van der Waals surface area contributed by atoms with Gasteiger partial charge in [-0.1, -0.05) is 20.3 Å². The molecular formula is C11H23NS. The van der Waals surface area contributed by atoms with Gasteiger partial charge in [0.2, 0.25) is 0 Å². The average molecular weight is 201 g/mol. The van der Waals surface area contributed by atoms with Crippen molar-refractivity contribution in [2.75, 3.05) is 24.6 Å². The molecule has 0 amide bonds. The Morgan fingerprint density at radius 3 is 2.69 bits per heavy atom. The summed E-state index contributed by atoms with van der Waals surface area (Å²) in [5.74, 6) is 4.66. The van der Waals surface area contributed by atoms with E-state index in [0.717, 1.165) is 11.8 Å². The van der Waals surface area contributed by atoms with Gasteiger partial charge in [0.25, 0.3) is 0 Å². The van der Waals surface area contributed by atoms with E-state index in [-0.39, 0.29) is 0 Å². The number of rotatable bonds is 5. The van der Waals surface area contributed by atoms with Gasteiger partial charge in [-0.3, -0.25) is 0 Å². The van der Waals surface area contributed by atoms with E-state index in [1.165, 1.54) is 43.9 Å². The zero-order chi connectivity index (χ0) is 9.52. The van der Waals surface area contributed by atoms with Crippen LogP contribution < -0.4 is 5.32 Å². The third kappa shape index (κ3) is 4.92. The van der Waals surface area contributed by atoms with E-state index in [2.05, 4.69) is 30.9 Å². The predicted octanol–water partition coefficient (Wildman–Crippen LogP) is 2.77. The van der Waals surface area contributed by atoms with Crippen molar-refractivity contribution in [2.45, 2.75) is 33.1 Å². The molecule has 78 valence electrons. The van der Waals surface area contributed by atoms with Crippen LogP contribution in [0.3, 0.4) is 0 Å². The summed E-state index contributed by atoms with van der Waals surface area (Å²) in [7, 11) is 0.